The Morgan fingerprint density at radius 3 is 2.61 bits per heavy atom. The standard InChI is InChI=1S/C17H21N3O3/c1-3-4-10-14(17(22)23)19-16(21)13-11-18-20(2)15(13)12-8-6-5-7-9-12/h5-9,11,14H,3-4,10H2,1-2H3,(H,19,21)(H,22,23). The predicted octanol–water partition coefficient (Wildman–Crippen LogP) is 2.46. The monoisotopic (exact) mass is 315 g/mol. The van der Waals surface area contributed by atoms with Crippen LogP contribution in [0.5, 0.6) is 0 Å². The SMILES string of the molecule is CCCCC(NC(=O)c1cnn(C)c1-c1ccccc1)C(=O)O. The van der Waals surface area contributed by atoms with Gasteiger partial charge in [-0.3, -0.25) is 9.48 Å². The fourth-order valence-electron chi connectivity index (χ4n) is 2.44. The smallest absolute Gasteiger partial charge is 0.326 e. The molecule has 23 heavy (non-hydrogen) atoms. The minimum atomic E-state index is -1.02. The van der Waals surface area contributed by atoms with E-state index in [1.54, 1.807) is 11.7 Å². The molecule has 1 atom stereocenters. The lowest BCUT2D eigenvalue weighted by molar-refractivity contribution is -0.139. The second-order valence-corrected chi connectivity index (χ2v) is 5.40. The Morgan fingerprint density at radius 1 is 1.30 bits per heavy atom. The first-order valence-corrected chi connectivity index (χ1v) is 7.65. The maximum Gasteiger partial charge on any atom is 0.326 e. The van der Waals surface area contributed by atoms with Crippen molar-refractivity contribution in [3.63, 3.8) is 0 Å². The number of hydrogen-bond acceptors (Lipinski definition) is 3. The molecule has 1 heterocycles. The first kappa shape index (κ1) is 16.7. The molecular weight excluding hydrogens is 294 g/mol. The molecule has 122 valence electrons. The van der Waals surface area contributed by atoms with Gasteiger partial charge in [-0.15, -0.1) is 0 Å². The van der Waals surface area contributed by atoms with E-state index in [2.05, 4.69) is 10.4 Å². The lowest BCUT2D eigenvalue weighted by Crippen LogP contribution is -2.40. The fourth-order valence-corrected chi connectivity index (χ4v) is 2.44. The van der Waals surface area contributed by atoms with Gasteiger partial charge in [0, 0.05) is 12.6 Å². The average Bonchev–Trinajstić information content (AvgIpc) is 2.93. The number of carboxylic acids is 1. The van der Waals surface area contributed by atoms with Crippen molar-refractivity contribution in [3.05, 3.63) is 42.1 Å². The number of nitrogens with zero attached hydrogens (tertiary/aromatic N) is 2. The Hall–Kier alpha value is -2.63. The third-order valence-electron chi connectivity index (χ3n) is 3.68. The number of amides is 1. The molecule has 0 radical (unpaired) electrons. The lowest BCUT2D eigenvalue weighted by atomic mass is 10.1. The third kappa shape index (κ3) is 3.97. The summed E-state index contributed by atoms with van der Waals surface area (Å²) in [7, 11) is 1.75. The molecule has 2 N–H and O–H groups in total. The molecular formula is C17H21N3O3. The van der Waals surface area contributed by atoms with Gasteiger partial charge >= 0.3 is 5.97 Å². The maximum absolute atomic E-state index is 12.5. The summed E-state index contributed by atoms with van der Waals surface area (Å²) < 4.78 is 1.62. The summed E-state index contributed by atoms with van der Waals surface area (Å²) in [5.41, 5.74) is 1.90. The number of aryl methyl sites for hydroxylation is 1. The quantitative estimate of drug-likeness (QED) is 0.822. The Bertz CT molecular complexity index is 680. The molecule has 2 rings (SSSR count). The van der Waals surface area contributed by atoms with Crippen LogP contribution in [0.4, 0.5) is 0 Å². The van der Waals surface area contributed by atoms with Crippen LogP contribution in [0.1, 0.15) is 36.5 Å². The number of carbonyl (C=O) groups is 2. The summed E-state index contributed by atoms with van der Waals surface area (Å²) in [6.45, 7) is 1.98. The molecule has 1 unspecified atom stereocenters. The minimum Gasteiger partial charge on any atom is -0.480 e. The summed E-state index contributed by atoms with van der Waals surface area (Å²) in [5.74, 6) is -1.43. The van der Waals surface area contributed by atoms with Gasteiger partial charge in [0.2, 0.25) is 0 Å². The molecule has 0 bridgehead atoms. The van der Waals surface area contributed by atoms with Crippen molar-refractivity contribution >= 4 is 11.9 Å². The van der Waals surface area contributed by atoms with Gasteiger partial charge in [0.05, 0.1) is 17.5 Å². The number of nitrogens with one attached hydrogen (secondary N) is 1. The van der Waals surface area contributed by atoms with E-state index in [1.807, 2.05) is 37.3 Å². The Labute approximate surface area is 135 Å². The van der Waals surface area contributed by atoms with E-state index in [4.69, 9.17) is 0 Å². The number of carbonyl (C=O) groups excluding carboxylic acids is 1. The highest BCUT2D eigenvalue weighted by Crippen LogP contribution is 2.22. The molecule has 2 aromatic rings. The number of aromatic nitrogens is 2. The molecule has 1 aromatic heterocycles. The second-order valence-electron chi connectivity index (χ2n) is 5.40. The molecule has 1 aromatic carbocycles. The summed E-state index contributed by atoms with van der Waals surface area (Å²) in [4.78, 5) is 23.8. The highest BCUT2D eigenvalue weighted by Gasteiger charge is 2.23. The number of hydrogen-bond donors (Lipinski definition) is 2. The van der Waals surface area contributed by atoms with Crippen LogP contribution in [0.25, 0.3) is 11.3 Å². The van der Waals surface area contributed by atoms with Crippen LogP contribution in [-0.2, 0) is 11.8 Å². The summed E-state index contributed by atoms with van der Waals surface area (Å²) in [5, 5.41) is 16.0. The number of aliphatic carboxylic acids is 1. The van der Waals surface area contributed by atoms with E-state index in [9.17, 15) is 14.7 Å². The van der Waals surface area contributed by atoms with Gasteiger partial charge < -0.3 is 10.4 Å². The van der Waals surface area contributed by atoms with Gasteiger partial charge in [0.1, 0.15) is 6.04 Å². The molecule has 6 nitrogen and oxygen atoms in total. The van der Waals surface area contributed by atoms with E-state index < -0.39 is 17.9 Å². The van der Waals surface area contributed by atoms with E-state index in [-0.39, 0.29) is 0 Å². The van der Waals surface area contributed by atoms with Crippen molar-refractivity contribution in [1.29, 1.82) is 0 Å². The Morgan fingerprint density at radius 2 is 2.00 bits per heavy atom. The van der Waals surface area contributed by atoms with Gasteiger partial charge in [-0.1, -0.05) is 50.1 Å². The van der Waals surface area contributed by atoms with Crippen LogP contribution >= 0.6 is 0 Å². The average molecular weight is 315 g/mol. The van der Waals surface area contributed by atoms with Crippen LogP contribution in [0.3, 0.4) is 0 Å². The summed E-state index contributed by atoms with van der Waals surface area (Å²) in [6.07, 6.45) is 3.51. The predicted molar refractivity (Wildman–Crippen MR) is 87.1 cm³/mol. The van der Waals surface area contributed by atoms with Crippen LogP contribution in [0.15, 0.2) is 36.5 Å². The van der Waals surface area contributed by atoms with Gasteiger partial charge in [-0.05, 0) is 6.42 Å². The van der Waals surface area contributed by atoms with Gasteiger partial charge in [-0.25, -0.2) is 4.79 Å². The number of carboxylic acid groups (broad SMARTS) is 1. The molecule has 0 aliphatic carbocycles. The van der Waals surface area contributed by atoms with Crippen molar-refractivity contribution < 1.29 is 14.7 Å². The molecule has 0 saturated carbocycles. The molecule has 0 aliphatic heterocycles. The molecule has 6 heteroatoms. The lowest BCUT2D eigenvalue weighted by Gasteiger charge is -2.14. The first-order chi connectivity index (χ1) is 11.0. The number of benzene rings is 1. The van der Waals surface area contributed by atoms with Gasteiger partial charge in [0.15, 0.2) is 0 Å². The molecule has 0 aliphatic rings. The molecule has 1 amide bonds. The zero-order valence-corrected chi connectivity index (χ0v) is 13.3. The Kier molecular flexibility index (Phi) is 5.51. The number of rotatable bonds is 7. The van der Waals surface area contributed by atoms with Crippen molar-refractivity contribution in [2.75, 3.05) is 0 Å². The number of unbranched alkanes of at least 4 members (excludes halogenated alkanes) is 1. The van der Waals surface area contributed by atoms with E-state index in [0.717, 1.165) is 18.4 Å². The van der Waals surface area contributed by atoms with Crippen molar-refractivity contribution in [3.8, 4) is 11.3 Å². The van der Waals surface area contributed by atoms with Crippen LogP contribution in [0, 0.1) is 0 Å². The summed E-state index contributed by atoms with van der Waals surface area (Å²) >= 11 is 0. The zero-order valence-electron chi connectivity index (χ0n) is 13.3. The van der Waals surface area contributed by atoms with E-state index >= 15 is 0 Å². The van der Waals surface area contributed by atoms with Crippen LogP contribution in [-0.4, -0.2) is 32.8 Å². The summed E-state index contributed by atoms with van der Waals surface area (Å²) in [6, 6.07) is 8.55. The van der Waals surface area contributed by atoms with Crippen molar-refractivity contribution in [1.82, 2.24) is 15.1 Å². The minimum absolute atomic E-state index is 0.376. The van der Waals surface area contributed by atoms with Crippen LogP contribution < -0.4 is 5.32 Å². The highest BCUT2D eigenvalue weighted by molar-refractivity contribution is 6.01. The second kappa shape index (κ2) is 7.58. The molecule has 0 saturated heterocycles. The largest absolute Gasteiger partial charge is 0.480 e. The Balaban J connectivity index is 2.25. The van der Waals surface area contributed by atoms with Gasteiger partial charge in [0.25, 0.3) is 5.91 Å². The van der Waals surface area contributed by atoms with Gasteiger partial charge in [-0.2, -0.15) is 5.10 Å². The maximum atomic E-state index is 12.5. The van der Waals surface area contributed by atoms with Crippen molar-refractivity contribution in [2.45, 2.75) is 32.2 Å². The zero-order chi connectivity index (χ0) is 16.8. The van der Waals surface area contributed by atoms with E-state index in [0.29, 0.717) is 17.7 Å². The van der Waals surface area contributed by atoms with Crippen molar-refractivity contribution in [2.24, 2.45) is 7.05 Å². The topological polar surface area (TPSA) is 84.2 Å². The van der Waals surface area contributed by atoms with E-state index in [1.165, 1.54) is 6.20 Å². The normalized spacial score (nSPS) is 11.9. The molecule has 0 spiro atoms. The third-order valence-corrected chi connectivity index (χ3v) is 3.68. The highest BCUT2D eigenvalue weighted by atomic mass is 16.4. The van der Waals surface area contributed by atoms with Crippen LogP contribution in [0.2, 0.25) is 0 Å². The first-order valence-electron chi connectivity index (χ1n) is 7.65. The fraction of sp³-hybridized carbons (Fsp3) is 0.353. The molecule has 0 fully saturated rings.